The summed E-state index contributed by atoms with van der Waals surface area (Å²) in [6, 6.07) is 19.2. The van der Waals surface area contributed by atoms with Gasteiger partial charge in [-0.25, -0.2) is 4.79 Å². The number of piperidine rings is 1. The fourth-order valence-corrected chi connectivity index (χ4v) is 3.72. The van der Waals surface area contributed by atoms with Crippen molar-refractivity contribution in [1.29, 1.82) is 0 Å². The Morgan fingerprint density at radius 3 is 2.14 bits per heavy atom. The predicted octanol–water partition coefficient (Wildman–Crippen LogP) is 5.71. The summed E-state index contributed by atoms with van der Waals surface area (Å²) in [6.45, 7) is 10.3. The van der Waals surface area contributed by atoms with Gasteiger partial charge in [0.05, 0.1) is 12.7 Å². The fraction of sp³-hybridized carbons (Fsp3) is 0.480. The summed E-state index contributed by atoms with van der Waals surface area (Å²) in [5.74, 6) is 0. The van der Waals surface area contributed by atoms with Crippen LogP contribution in [-0.2, 0) is 14.9 Å². The number of nitrogens with zero attached hydrogens (tertiary/aromatic N) is 1. The molecule has 4 heteroatoms. The lowest BCUT2D eigenvalue weighted by molar-refractivity contribution is -0.0260. The molecule has 156 valence electrons. The van der Waals surface area contributed by atoms with Crippen molar-refractivity contribution in [2.45, 2.75) is 58.2 Å². The van der Waals surface area contributed by atoms with Crippen LogP contribution in [0.3, 0.4) is 0 Å². The van der Waals surface area contributed by atoms with Crippen LogP contribution in [-0.4, -0.2) is 36.8 Å². The lowest BCUT2D eigenvalue weighted by atomic mass is 9.86. The summed E-state index contributed by atoms with van der Waals surface area (Å²) < 4.78 is 11.7. The molecule has 1 saturated heterocycles. The van der Waals surface area contributed by atoms with Crippen LogP contribution in [0.2, 0.25) is 0 Å². The Hall–Kier alpha value is -2.33. The Balaban J connectivity index is 1.73. The van der Waals surface area contributed by atoms with Crippen molar-refractivity contribution in [2.24, 2.45) is 0 Å². The Labute approximate surface area is 174 Å². The molecule has 0 bridgehead atoms. The smallest absolute Gasteiger partial charge is 0.409 e. The first-order chi connectivity index (χ1) is 13.9. The minimum Gasteiger partial charge on any atom is -0.450 e. The van der Waals surface area contributed by atoms with E-state index in [-0.39, 0.29) is 23.7 Å². The van der Waals surface area contributed by atoms with Gasteiger partial charge < -0.3 is 14.4 Å². The molecule has 0 radical (unpaired) electrons. The number of amides is 1. The maximum atomic E-state index is 11.9. The molecule has 2 aromatic rings. The number of rotatable bonds is 5. The topological polar surface area (TPSA) is 38.8 Å². The maximum absolute atomic E-state index is 11.9. The highest BCUT2D eigenvalue weighted by Crippen LogP contribution is 2.32. The molecule has 1 aliphatic rings. The molecule has 1 amide bonds. The normalized spacial score (nSPS) is 16.5. The summed E-state index contributed by atoms with van der Waals surface area (Å²) in [5.41, 5.74) is 3.76. The summed E-state index contributed by atoms with van der Waals surface area (Å²) in [6.07, 6.45) is 1.44. The second-order valence-corrected chi connectivity index (χ2v) is 8.68. The zero-order valence-electron chi connectivity index (χ0n) is 18.1. The monoisotopic (exact) mass is 395 g/mol. The highest BCUT2D eigenvalue weighted by molar-refractivity contribution is 5.67. The molecular weight excluding hydrogens is 362 g/mol. The molecule has 0 N–H and O–H groups in total. The quantitative estimate of drug-likeness (QED) is 0.651. The third kappa shape index (κ3) is 5.60. The largest absolute Gasteiger partial charge is 0.450 e. The minimum absolute atomic E-state index is 0.107. The van der Waals surface area contributed by atoms with Gasteiger partial charge in [-0.1, -0.05) is 75.4 Å². The van der Waals surface area contributed by atoms with E-state index in [0.29, 0.717) is 19.7 Å². The molecule has 29 heavy (non-hydrogen) atoms. The van der Waals surface area contributed by atoms with Crippen molar-refractivity contribution >= 4 is 6.09 Å². The maximum Gasteiger partial charge on any atom is 0.409 e. The number of carbonyl (C=O) groups excluding carboxylic acids is 1. The third-order valence-corrected chi connectivity index (χ3v) is 5.48. The Kier molecular flexibility index (Phi) is 6.96. The number of benzene rings is 2. The molecule has 2 aromatic carbocycles. The Bertz CT molecular complexity index is 772. The molecule has 0 saturated carbocycles. The van der Waals surface area contributed by atoms with Crippen LogP contribution in [0.25, 0.3) is 0 Å². The van der Waals surface area contributed by atoms with E-state index in [4.69, 9.17) is 9.47 Å². The average molecular weight is 396 g/mol. The second-order valence-electron chi connectivity index (χ2n) is 8.68. The number of carbonyl (C=O) groups is 1. The summed E-state index contributed by atoms with van der Waals surface area (Å²) >= 11 is 0. The second kappa shape index (κ2) is 9.45. The van der Waals surface area contributed by atoms with Gasteiger partial charge in [-0.05, 0) is 41.9 Å². The summed E-state index contributed by atoms with van der Waals surface area (Å²) in [5, 5.41) is 0. The number of likely N-dealkylation sites (tertiary alicyclic amines) is 1. The zero-order chi connectivity index (χ0) is 20.9. The van der Waals surface area contributed by atoms with Gasteiger partial charge in [0, 0.05) is 13.1 Å². The van der Waals surface area contributed by atoms with Crippen LogP contribution in [0.4, 0.5) is 4.79 Å². The number of ether oxygens (including phenoxy) is 2. The van der Waals surface area contributed by atoms with E-state index >= 15 is 0 Å². The molecule has 4 nitrogen and oxygen atoms in total. The first-order valence-corrected chi connectivity index (χ1v) is 10.6. The first kappa shape index (κ1) is 21.4. The number of hydrogen-bond acceptors (Lipinski definition) is 3. The van der Waals surface area contributed by atoms with Gasteiger partial charge in [0.15, 0.2) is 0 Å². The molecule has 1 unspecified atom stereocenters. The van der Waals surface area contributed by atoms with Gasteiger partial charge >= 0.3 is 6.09 Å². The van der Waals surface area contributed by atoms with Crippen molar-refractivity contribution in [3.63, 3.8) is 0 Å². The van der Waals surface area contributed by atoms with Crippen molar-refractivity contribution in [3.05, 3.63) is 71.3 Å². The van der Waals surface area contributed by atoms with E-state index < -0.39 is 0 Å². The summed E-state index contributed by atoms with van der Waals surface area (Å²) in [4.78, 5) is 13.7. The van der Waals surface area contributed by atoms with E-state index in [2.05, 4.69) is 69.3 Å². The molecule has 1 heterocycles. The summed E-state index contributed by atoms with van der Waals surface area (Å²) in [7, 11) is 0. The van der Waals surface area contributed by atoms with E-state index in [1.165, 1.54) is 5.56 Å². The van der Waals surface area contributed by atoms with Crippen molar-refractivity contribution in [2.75, 3.05) is 19.7 Å². The molecule has 3 rings (SSSR count). The van der Waals surface area contributed by atoms with Gasteiger partial charge in [0.2, 0.25) is 0 Å². The van der Waals surface area contributed by atoms with Crippen LogP contribution >= 0.6 is 0 Å². The first-order valence-electron chi connectivity index (χ1n) is 10.6. The lowest BCUT2D eigenvalue weighted by Crippen LogP contribution is -2.41. The molecule has 0 aliphatic carbocycles. The Morgan fingerprint density at radius 1 is 1.00 bits per heavy atom. The average Bonchev–Trinajstić information content (AvgIpc) is 2.73. The van der Waals surface area contributed by atoms with Crippen molar-refractivity contribution in [1.82, 2.24) is 4.90 Å². The minimum atomic E-state index is -0.219. The molecule has 0 spiro atoms. The van der Waals surface area contributed by atoms with Crippen LogP contribution in [0.15, 0.2) is 54.6 Å². The standard InChI is InChI=1S/C25H33NO3/c1-5-28-24(27)26-17-15-22(16-18-26)29-23(19-9-7-6-8-10-19)20-11-13-21(14-12-20)25(2,3)4/h6-14,22-23H,5,15-18H2,1-4H3. The van der Waals surface area contributed by atoms with E-state index in [9.17, 15) is 4.79 Å². The molecule has 1 aliphatic heterocycles. The third-order valence-electron chi connectivity index (χ3n) is 5.48. The van der Waals surface area contributed by atoms with Crippen molar-refractivity contribution < 1.29 is 14.3 Å². The molecule has 1 atom stereocenters. The van der Waals surface area contributed by atoms with Gasteiger partial charge in [-0.3, -0.25) is 0 Å². The van der Waals surface area contributed by atoms with E-state index in [1.54, 1.807) is 4.90 Å². The number of hydrogen-bond donors (Lipinski definition) is 0. The fourth-order valence-electron chi connectivity index (χ4n) is 3.72. The predicted molar refractivity (Wildman–Crippen MR) is 116 cm³/mol. The highest BCUT2D eigenvalue weighted by Gasteiger charge is 2.27. The molecular formula is C25H33NO3. The Morgan fingerprint density at radius 2 is 1.59 bits per heavy atom. The van der Waals surface area contributed by atoms with Crippen LogP contribution in [0, 0.1) is 0 Å². The van der Waals surface area contributed by atoms with Crippen molar-refractivity contribution in [3.8, 4) is 0 Å². The molecule has 1 fully saturated rings. The van der Waals surface area contributed by atoms with E-state index in [1.807, 2.05) is 13.0 Å². The lowest BCUT2D eigenvalue weighted by Gasteiger charge is -2.33. The van der Waals surface area contributed by atoms with Crippen LogP contribution in [0.5, 0.6) is 0 Å². The van der Waals surface area contributed by atoms with Gasteiger partial charge in [-0.15, -0.1) is 0 Å². The highest BCUT2D eigenvalue weighted by atomic mass is 16.6. The van der Waals surface area contributed by atoms with Crippen LogP contribution < -0.4 is 0 Å². The van der Waals surface area contributed by atoms with Gasteiger partial charge in [-0.2, -0.15) is 0 Å². The van der Waals surface area contributed by atoms with Gasteiger partial charge in [0.25, 0.3) is 0 Å². The zero-order valence-corrected chi connectivity index (χ0v) is 18.1. The SMILES string of the molecule is CCOC(=O)N1CCC(OC(c2ccccc2)c2ccc(C(C)(C)C)cc2)CC1. The van der Waals surface area contributed by atoms with Gasteiger partial charge in [0.1, 0.15) is 6.10 Å². The molecule has 0 aromatic heterocycles. The van der Waals surface area contributed by atoms with Crippen LogP contribution in [0.1, 0.15) is 63.3 Å². The van der Waals surface area contributed by atoms with E-state index in [0.717, 1.165) is 24.0 Å².